The fourth-order valence-corrected chi connectivity index (χ4v) is 2.33. The predicted molar refractivity (Wildman–Crippen MR) is 68.1 cm³/mol. The number of esters is 1. The van der Waals surface area contributed by atoms with Gasteiger partial charge in [-0.05, 0) is 25.5 Å². The number of carbonyl (C=O) groups excluding carboxylic acids is 2. The van der Waals surface area contributed by atoms with E-state index in [2.05, 4.69) is 0 Å². The maximum Gasteiger partial charge on any atom is 0.331 e. The number of Topliss-reactive ketones (excluding diaryl/α,β-unsaturated/α-hetero) is 1. The summed E-state index contributed by atoms with van der Waals surface area (Å²) in [7, 11) is 0. The predicted octanol–water partition coefficient (Wildman–Crippen LogP) is 2.62. The maximum atomic E-state index is 11.4. The van der Waals surface area contributed by atoms with Crippen LogP contribution in [0.15, 0.2) is 42.5 Å². The molecule has 2 rings (SSSR count). The smallest absolute Gasteiger partial charge is 0.331 e. The Morgan fingerprint density at radius 1 is 1.33 bits per heavy atom. The van der Waals surface area contributed by atoms with Crippen LogP contribution >= 0.6 is 0 Å². The first kappa shape index (κ1) is 12.6. The molecular formula is C15H16O3. The summed E-state index contributed by atoms with van der Waals surface area (Å²) in [6.45, 7) is 3.40. The van der Waals surface area contributed by atoms with Gasteiger partial charge in [0.15, 0.2) is 0 Å². The normalized spacial score (nSPS) is 23.8. The number of rotatable bonds is 4. The summed E-state index contributed by atoms with van der Waals surface area (Å²) in [6, 6.07) is 9.68. The third kappa shape index (κ3) is 2.50. The van der Waals surface area contributed by atoms with Crippen molar-refractivity contribution in [1.82, 2.24) is 0 Å². The Morgan fingerprint density at radius 3 is 2.50 bits per heavy atom. The summed E-state index contributed by atoms with van der Waals surface area (Å²) in [6.07, 6.45) is 3.53. The zero-order chi connectivity index (χ0) is 13.2. The van der Waals surface area contributed by atoms with Gasteiger partial charge in [0.1, 0.15) is 11.4 Å². The van der Waals surface area contributed by atoms with E-state index in [1.54, 1.807) is 13.0 Å². The molecule has 18 heavy (non-hydrogen) atoms. The molecule has 0 aliphatic carbocycles. The van der Waals surface area contributed by atoms with Crippen molar-refractivity contribution < 1.29 is 14.3 Å². The number of ketones is 1. The highest BCUT2D eigenvalue weighted by Crippen LogP contribution is 2.38. The molecule has 3 heteroatoms. The van der Waals surface area contributed by atoms with Crippen LogP contribution in [0.25, 0.3) is 0 Å². The second-order valence-electron chi connectivity index (χ2n) is 4.81. The summed E-state index contributed by atoms with van der Waals surface area (Å²) in [5.41, 5.74) is 0.277. The SMILES string of the molecule is CC(=O)C[C@@H](c1ccccc1)[C@]1(C)C=CC(=O)O1. The molecule has 1 aliphatic heterocycles. The number of cyclic esters (lactones) is 1. The highest BCUT2D eigenvalue weighted by molar-refractivity contribution is 5.85. The Balaban J connectivity index is 2.35. The molecule has 0 saturated carbocycles. The Kier molecular flexibility index (Phi) is 3.32. The lowest BCUT2D eigenvalue weighted by atomic mass is 9.80. The number of hydrogen-bond acceptors (Lipinski definition) is 3. The van der Waals surface area contributed by atoms with Crippen molar-refractivity contribution in [3.63, 3.8) is 0 Å². The molecular weight excluding hydrogens is 228 g/mol. The zero-order valence-corrected chi connectivity index (χ0v) is 10.6. The first-order valence-electron chi connectivity index (χ1n) is 5.98. The molecule has 1 aromatic rings. The summed E-state index contributed by atoms with van der Waals surface area (Å²) >= 11 is 0. The molecule has 0 unspecified atom stereocenters. The van der Waals surface area contributed by atoms with E-state index in [1.165, 1.54) is 6.08 Å². The molecule has 0 saturated heterocycles. The van der Waals surface area contributed by atoms with E-state index in [4.69, 9.17) is 4.74 Å². The van der Waals surface area contributed by atoms with Gasteiger partial charge in [-0.15, -0.1) is 0 Å². The Morgan fingerprint density at radius 2 is 2.00 bits per heavy atom. The largest absolute Gasteiger partial charge is 0.451 e. The summed E-state index contributed by atoms with van der Waals surface area (Å²) in [4.78, 5) is 22.7. The molecule has 0 radical (unpaired) electrons. The van der Waals surface area contributed by atoms with E-state index < -0.39 is 5.60 Å². The molecule has 1 aliphatic rings. The number of ether oxygens (including phenoxy) is 1. The van der Waals surface area contributed by atoms with Gasteiger partial charge in [0.2, 0.25) is 0 Å². The summed E-state index contributed by atoms with van der Waals surface area (Å²) < 4.78 is 5.36. The Bertz CT molecular complexity index is 490. The molecule has 94 valence electrons. The quantitative estimate of drug-likeness (QED) is 0.765. The molecule has 0 spiro atoms. The van der Waals surface area contributed by atoms with Gasteiger partial charge in [-0.3, -0.25) is 0 Å². The van der Waals surface area contributed by atoms with Crippen molar-refractivity contribution in [2.45, 2.75) is 31.8 Å². The molecule has 0 fully saturated rings. The Labute approximate surface area is 106 Å². The second-order valence-corrected chi connectivity index (χ2v) is 4.81. The third-order valence-electron chi connectivity index (χ3n) is 3.26. The van der Waals surface area contributed by atoms with Gasteiger partial charge in [0, 0.05) is 18.4 Å². The van der Waals surface area contributed by atoms with E-state index in [0.717, 1.165) is 5.56 Å². The average molecular weight is 244 g/mol. The van der Waals surface area contributed by atoms with E-state index in [0.29, 0.717) is 6.42 Å². The van der Waals surface area contributed by atoms with Crippen molar-refractivity contribution in [3.8, 4) is 0 Å². The van der Waals surface area contributed by atoms with Crippen molar-refractivity contribution in [2.24, 2.45) is 0 Å². The first-order chi connectivity index (χ1) is 8.51. The molecule has 0 bridgehead atoms. The molecule has 3 nitrogen and oxygen atoms in total. The van der Waals surface area contributed by atoms with Gasteiger partial charge in [-0.25, -0.2) is 4.79 Å². The minimum Gasteiger partial charge on any atom is -0.451 e. The highest BCUT2D eigenvalue weighted by Gasteiger charge is 2.40. The van der Waals surface area contributed by atoms with Crippen molar-refractivity contribution >= 4 is 11.8 Å². The fourth-order valence-electron chi connectivity index (χ4n) is 2.33. The van der Waals surface area contributed by atoms with Crippen LogP contribution in [-0.4, -0.2) is 17.4 Å². The average Bonchev–Trinajstić information content (AvgIpc) is 2.68. The van der Waals surface area contributed by atoms with Crippen LogP contribution in [0, 0.1) is 0 Å². The lowest BCUT2D eigenvalue weighted by molar-refractivity contribution is -0.146. The van der Waals surface area contributed by atoms with Crippen LogP contribution in [0.3, 0.4) is 0 Å². The molecule has 0 amide bonds. The van der Waals surface area contributed by atoms with Crippen LogP contribution < -0.4 is 0 Å². The standard InChI is InChI=1S/C15H16O3/c1-11(16)10-13(12-6-4-3-5-7-12)15(2)9-8-14(17)18-15/h3-9,13H,10H2,1-2H3/t13-,15-/m0/s1. The second kappa shape index (κ2) is 4.77. The summed E-state index contributed by atoms with van der Waals surface area (Å²) in [5, 5.41) is 0. The van der Waals surface area contributed by atoms with Gasteiger partial charge < -0.3 is 9.53 Å². The molecule has 1 aromatic carbocycles. The van der Waals surface area contributed by atoms with Crippen LogP contribution in [0.5, 0.6) is 0 Å². The number of hydrogen-bond donors (Lipinski definition) is 0. The van der Waals surface area contributed by atoms with Crippen LogP contribution in [0.2, 0.25) is 0 Å². The third-order valence-corrected chi connectivity index (χ3v) is 3.26. The monoisotopic (exact) mass is 244 g/mol. The molecule has 0 aromatic heterocycles. The highest BCUT2D eigenvalue weighted by atomic mass is 16.6. The van der Waals surface area contributed by atoms with Crippen molar-refractivity contribution in [1.29, 1.82) is 0 Å². The van der Waals surface area contributed by atoms with E-state index in [-0.39, 0.29) is 17.7 Å². The maximum absolute atomic E-state index is 11.4. The first-order valence-corrected chi connectivity index (χ1v) is 5.98. The zero-order valence-electron chi connectivity index (χ0n) is 10.6. The molecule has 0 N–H and O–H groups in total. The van der Waals surface area contributed by atoms with Gasteiger partial charge in [0.05, 0.1) is 0 Å². The van der Waals surface area contributed by atoms with Crippen molar-refractivity contribution in [2.75, 3.05) is 0 Å². The minimum atomic E-state index is -0.732. The molecule has 2 atom stereocenters. The topological polar surface area (TPSA) is 43.4 Å². The van der Waals surface area contributed by atoms with Crippen LogP contribution in [0.1, 0.15) is 31.7 Å². The van der Waals surface area contributed by atoms with E-state index in [9.17, 15) is 9.59 Å². The van der Waals surface area contributed by atoms with E-state index in [1.807, 2.05) is 37.3 Å². The van der Waals surface area contributed by atoms with Crippen LogP contribution in [-0.2, 0) is 14.3 Å². The molecule has 1 heterocycles. The lowest BCUT2D eigenvalue weighted by Gasteiger charge is -2.31. The summed E-state index contributed by atoms with van der Waals surface area (Å²) in [5.74, 6) is -0.401. The van der Waals surface area contributed by atoms with Crippen molar-refractivity contribution in [3.05, 3.63) is 48.0 Å². The van der Waals surface area contributed by atoms with Gasteiger partial charge in [-0.1, -0.05) is 30.3 Å². The fraction of sp³-hybridized carbons (Fsp3) is 0.333. The van der Waals surface area contributed by atoms with E-state index >= 15 is 0 Å². The van der Waals surface area contributed by atoms with Crippen LogP contribution in [0.4, 0.5) is 0 Å². The number of carbonyl (C=O) groups is 2. The van der Waals surface area contributed by atoms with Gasteiger partial charge in [0.25, 0.3) is 0 Å². The van der Waals surface area contributed by atoms with Gasteiger partial charge >= 0.3 is 5.97 Å². The lowest BCUT2D eigenvalue weighted by Crippen LogP contribution is -2.33. The minimum absolute atomic E-state index is 0.0847. The number of benzene rings is 1. The van der Waals surface area contributed by atoms with Gasteiger partial charge in [-0.2, -0.15) is 0 Å². The Hall–Kier alpha value is -1.90.